The van der Waals surface area contributed by atoms with Crippen LogP contribution in [0.5, 0.6) is 0 Å². The largest absolute Gasteiger partial charge is 0.498 e. The quantitative estimate of drug-likeness (QED) is 0.798. The van der Waals surface area contributed by atoms with Gasteiger partial charge < -0.3 is 9.31 Å². The van der Waals surface area contributed by atoms with Crippen LogP contribution in [0.2, 0.25) is 5.02 Å². The molecule has 1 aromatic carbocycles. The van der Waals surface area contributed by atoms with Crippen molar-refractivity contribution >= 4 is 24.2 Å². The van der Waals surface area contributed by atoms with Crippen molar-refractivity contribution in [2.24, 2.45) is 0 Å². The molecular weight excluding hydrogens is 305 g/mol. The lowest BCUT2D eigenvalue weighted by atomic mass is 9.82. The minimum atomic E-state index is -0.538. The molecule has 2 aromatic rings. The first-order chi connectivity index (χ1) is 10.2. The van der Waals surface area contributed by atoms with Gasteiger partial charge in [-0.3, -0.25) is 0 Å². The van der Waals surface area contributed by atoms with Crippen molar-refractivity contribution in [2.45, 2.75) is 38.9 Å². The molecule has 7 heteroatoms. The second kappa shape index (κ2) is 5.08. The lowest BCUT2D eigenvalue weighted by molar-refractivity contribution is 0.00578. The van der Waals surface area contributed by atoms with Crippen molar-refractivity contribution in [1.82, 2.24) is 9.78 Å². The molecule has 0 atom stereocenters. The van der Waals surface area contributed by atoms with Crippen LogP contribution in [0.15, 0.2) is 30.6 Å². The van der Waals surface area contributed by atoms with Crippen molar-refractivity contribution in [2.75, 3.05) is 0 Å². The second-order valence-corrected chi connectivity index (χ2v) is 6.78. The Morgan fingerprint density at radius 3 is 2.41 bits per heavy atom. The monoisotopic (exact) mass is 322 g/mol. The summed E-state index contributed by atoms with van der Waals surface area (Å²) in [5.41, 5.74) is 0.0649. The van der Waals surface area contributed by atoms with Crippen LogP contribution in [0.3, 0.4) is 0 Å². The molecule has 0 unspecified atom stereocenters. The van der Waals surface area contributed by atoms with Gasteiger partial charge in [0.1, 0.15) is 11.5 Å². The predicted molar refractivity (Wildman–Crippen MR) is 84.2 cm³/mol. The Balaban J connectivity index is 1.93. The van der Waals surface area contributed by atoms with Gasteiger partial charge in [-0.25, -0.2) is 9.07 Å². The van der Waals surface area contributed by atoms with E-state index >= 15 is 0 Å². The molecule has 22 heavy (non-hydrogen) atoms. The van der Waals surface area contributed by atoms with Crippen LogP contribution in [-0.4, -0.2) is 28.1 Å². The summed E-state index contributed by atoms with van der Waals surface area (Å²) in [5.74, 6) is -0.434. The van der Waals surface area contributed by atoms with E-state index in [1.807, 2.05) is 27.7 Å². The molecule has 1 aliphatic heterocycles. The average Bonchev–Trinajstić information content (AvgIpc) is 2.93. The van der Waals surface area contributed by atoms with Crippen molar-refractivity contribution in [1.29, 1.82) is 0 Å². The molecule has 2 heterocycles. The molecule has 116 valence electrons. The fourth-order valence-electron chi connectivity index (χ4n) is 2.27. The molecule has 1 aliphatic rings. The third-order valence-electron chi connectivity index (χ3n) is 4.29. The van der Waals surface area contributed by atoms with Crippen LogP contribution in [-0.2, 0) is 9.31 Å². The normalized spacial score (nSPS) is 19.6. The Bertz CT molecular complexity index is 681. The van der Waals surface area contributed by atoms with Gasteiger partial charge in [0.15, 0.2) is 0 Å². The molecule has 1 saturated heterocycles. The van der Waals surface area contributed by atoms with Crippen molar-refractivity contribution in [3.63, 3.8) is 0 Å². The highest BCUT2D eigenvalue weighted by Crippen LogP contribution is 2.36. The molecule has 1 aromatic heterocycles. The Morgan fingerprint density at radius 1 is 1.18 bits per heavy atom. The topological polar surface area (TPSA) is 36.3 Å². The van der Waals surface area contributed by atoms with Crippen molar-refractivity contribution < 1.29 is 13.7 Å². The molecule has 0 bridgehead atoms. The SMILES string of the molecule is CC1(C)OB(c2cnn(-c3c(F)cccc3Cl)c2)OC1(C)C. The zero-order chi connectivity index (χ0) is 16.1. The molecule has 1 fully saturated rings. The first-order valence-electron chi connectivity index (χ1n) is 7.06. The highest BCUT2D eigenvalue weighted by Gasteiger charge is 2.52. The maximum absolute atomic E-state index is 14.0. The molecule has 4 nitrogen and oxygen atoms in total. The summed E-state index contributed by atoms with van der Waals surface area (Å²) in [4.78, 5) is 0. The van der Waals surface area contributed by atoms with E-state index in [4.69, 9.17) is 20.9 Å². The van der Waals surface area contributed by atoms with Crippen LogP contribution in [0.1, 0.15) is 27.7 Å². The van der Waals surface area contributed by atoms with Crippen molar-refractivity contribution in [3.05, 3.63) is 41.4 Å². The number of hydrogen-bond acceptors (Lipinski definition) is 3. The fraction of sp³-hybridized carbons (Fsp3) is 0.400. The van der Waals surface area contributed by atoms with Crippen LogP contribution < -0.4 is 5.46 Å². The predicted octanol–water partition coefficient (Wildman–Crippen LogP) is 2.96. The molecule has 0 N–H and O–H groups in total. The van der Waals surface area contributed by atoms with Gasteiger partial charge in [-0.2, -0.15) is 5.10 Å². The van der Waals surface area contributed by atoms with Gasteiger partial charge in [0, 0.05) is 17.9 Å². The number of benzene rings is 1. The number of halogens is 2. The Hall–Kier alpha value is -1.37. The van der Waals surface area contributed by atoms with E-state index in [2.05, 4.69) is 5.10 Å². The van der Waals surface area contributed by atoms with Gasteiger partial charge in [0.25, 0.3) is 0 Å². The van der Waals surface area contributed by atoms with Gasteiger partial charge in [0.05, 0.1) is 16.2 Å². The van der Waals surface area contributed by atoms with E-state index in [-0.39, 0.29) is 5.69 Å². The summed E-state index contributed by atoms with van der Waals surface area (Å²) in [6, 6.07) is 4.52. The van der Waals surface area contributed by atoms with E-state index < -0.39 is 24.1 Å². The number of nitrogens with zero attached hydrogens (tertiary/aromatic N) is 2. The minimum absolute atomic E-state index is 0.215. The smallest absolute Gasteiger partial charge is 0.399 e. The standard InChI is InChI=1S/C15H17BClFN2O2/c1-14(2)15(3,4)22-16(21-14)10-8-19-20(9-10)13-11(17)6-5-7-12(13)18/h5-9H,1-4H3. The summed E-state index contributed by atoms with van der Waals surface area (Å²) in [7, 11) is -0.538. The van der Waals surface area contributed by atoms with Gasteiger partial charge in [-0.05, 0) is 39.8 Å². The summed E-state index contributed by atoms with van der Waals surface area (Å²) in [6.45, 7) is 7.91. The van der Waals surface area contributed by atoms with Gasteiger partial charge in [-0.15, -0.1) is 0 Å². The molecule has 3 rings (SSSR count). The van der Waals surface area contributed by atoms with E-state index in [0.717, 1.165) is 5.46 Å². The van der Waals surface area contributed by atoms with Gasteiger partial charge in [0.2, 0.25) is 0 Å². The lowest BCUT2D eigenvalue weighted by Crippen LogP contribution is -2.41. The zero-order valence-electron chi connectivity index (χ0n) is 12.9. The highest BCUT2D eigenvalue weighted by atomic mass is 35.5. The highest BCUT2D eigenvalue weighted by molar-refractivity contribution is 6.62. The Morgan fingerprint density at radius 2 is 1.82 bits per heavy atom. The molecular formula is C15H17BClFN2O2. The maximum Gasteiger partial charge on any atom is 0.498 e. The number of hydrogen-bond donors (Lipinski definition) is 0. The van der Waals surface area contributed by atoms with Gasteiger partial charge >= 0.3 is 7.12 Å². The van der Waals surface area contributed by atoms with E-state index in [1.54, 1.807) is 24.5 Å². The Labute approximate surface area is 134 Å². The number of para-hydroxylation sites is 1. The van der Waals surface area contributed by atoms with Crippen molar-refractivity contribution in [3.8, 4) is 5.69 Å². The third-order valence-corrected chi connectivity index (χ3v) is 4.60. The molecule has 0 amide bonds. The molecule has 0 spiro atoms. The zero-order valence-corrected chi connectivity index (χ0v) is 13.7. The molecule has 0 aliphatic carbocycles. The molecule has 0 saturated carbocycles. The lowest BCUT2D eigenvalue weighted by Gasteiger charge is -2.32. The Kier molecular flexibility index (Phi) is 3.59. The number of rotatable bonds is 2. The van der Waals surface area contributed by atoms with E-state index in [0.29, 0.717) is 5.02 Å². The van der Waals surface area contributed by atoms with E-state index in [9.17, 15) is 4.39 Å². The third kappa shape index (κ3) is 2.45. The first kappa shape index (κ1) is 15.5. The average molecular weight is 323 g/mol. The van der Waals surface area contributed by atoms with E-state index in [1.165, 1.54) is 10.7 Å². The second-order valence-electron chi connectivity index (χ2n) is 6.38. The number of aromatic nitrogens is 2. The summed E-state index contributed by atoms with van der Waals surface area (Å²) in [6.07, 6.45) is 3.28. The maximum atomic E-state index is 14.0. The summed E-state index contributed by atoms with van der Waals surface area (Å²) >= 11 is 6.06. The van der Waals surface area contributed by atoms with Gasteiger partial charge in [-0.1, -0.05) is 17.7 Å². The fourth-order valence-corrected chi connectivity index (χ4v) is 2.52. The van der Waals surface area contributed by atoms with Crippen LogP contribution in [0.4, 0.5) is 4.39 Å². The summed E-state index contributed by atoms with van der Waals surface area (Å²) in [5, 5.41) is 4.48. The first-order valence-corrected chi connectivity index (χ1v) is 7.44. The summed E-state index contributed by atoms with van der Waals surface area (Å²) < 4.78 is 27.3. The minimum Gasteiger partial charge on any atom is -0.399 e. The van der Waals surface area contributed by atoms with Crippen LogP contribution in [0, 0.1) is 5.82 Å². The van der Waals surface area contributed by atoms with Crippen LogP contribution >= 0.6 is 11.6 Å². The molecule has 0 radical (unpaired) electrons. The van der Waals surface area contributed by atoms with Crippen LogP contribution in [0.25, 0.3) is 5.69 Å².